The first-order valence-electron chi connectivity index (χ1n) is 6.44. The Hall–Kier alpha value is -2.16. The van der Waals surface area contributed by atoms with Gasteiger partial charge in [0.25, 0.3) is 5.91 Å². The third kappa shape index (κ3) is 2.99. The van der Waals surface area contributed by atoms with Gasteiger partial charge in [0.15, 0.2) is 0 Å². The summed E-state index contributed by atoms with van der Waals surface area (Å²) in [6.07, 6.45) is 2.66. The quantitative estimate of drug-likeness (QED) is 0.910. The van der Waals surface area contributed by atoms with Crippen molar-refractivity contribution in [3.8, 4) is 0 Å². The number of carbonyl (C=O) groups is 1. The summed E-state index contributed by atoms with van der Waals surface area (Å²) in [5.41, 5.74) is 4.55. The molecule has 1 aromatic heterocycles. The van der Waals surface area contributed by atoms with E-state index in [4.69, 9.17) is 0 Å². The Labute approximate surface area is 113 Å². The summed E-state index contributed by atoms with van der Waals surface area (Å²) in [4.78, 5) is 16.4. The molecule has 0 saturated heterocycles. The molecule has 0 spiro atoms. The lowest BCUT2D eigenvalue weighted by Gasteiger charge is -2.09. The van der Waals surface area contributed by atoms with Crippen LogP contribution in [0.1, 0.15) is 34.1 Å². The summed E-state index contributed by atoms with van der Waals surface area (Å²) >= 11 is 0. The number of nitrogens with zero attached hydrogens (tertiary/aromatic N) is 1. The Morgan fingerprint density at radius 3 is 2.47 bits per heavy atom. The standard InChI is InChI=1S/C16H18N2O/c1-4-13-5-7-14(8-6-13)18-16(19)15-9-10-17-12(3)11(15)2/h5-10H,4H2,1-3H3,(H,18,19). The molecule has 1 amide bonds. The summed E-state index contributed by atoms with van der Waals surface area (Å²) < 4.78 is 0. The van der Waals surface area contributed by atoms with E-state index in [-0.39, 0.29) is 5.91 Å². The van der Waals surface area contributed by atoms with Crippen molar-refractivity contribution in [1.29, 1.82) is 0 Å². The maximum absolute atomic E-state index is 12.2. The van der Waals surface area contributed by atoms with Gasteiger partial charge >= 0.3 is 0 Å². The topological polar surface area (TPSA) is 42.0 Å². The zero-order valence-corrected chi connectivity index (χ0v) is 11.5. The van der Waals surface area contributed by atoms with Crippen LogP contribution in [-0.4, -0.2) is 10.9 Å². The second kappa shape index (κ2) is 5.65. The minimum Gasteiger partial charge on any atom is -0.322 e. The monoisotopic (exact) mass is 254 g/mol. The number of pyridine rings is 1. The van der Waals surface area contributed by atoms with Crippen molar-refractivity contribution < 1.29 is 4.79 Å². The molecule has 0 bridgehead atoms. The minimum atomic E-state index is -0.0905. The molecular weight excluding hydrogens is 236 g/mol. The zero-order valence-electron chi connectivity index (χ0n) is 11.5. The fourth-order valence-corrected chi connectivity index (χ4v) is 1.91. The molecule has 0 radical (unpaired) electrons. The molecule has 0 atom stereocenters. The highest BCUT2D eigenvalue weighted by atomic mass is 16.1. The molecule has 0 aliphatic rings. The van der Waals surface area contributed by atoms with E-state index >= 15 is 0 Å². The molecule has 2 aromatic rings. The number of benzene rings is 1. The highest BCUT2D eigenvalue weighted by Gasteiger charge is 2.10. The van der Waals surface area contributed by atoms with Crippen LogP contribution in [0, 0.1) is 13.8 Å². The van der Waals surface area contributed by atoms with Crippen molar-refractivity contribution in [2.45, 2.75) is 27.2 Å². The molecule has 0 aliphatic carbocycles. The highest BCUT2D eigenvalue weighted by Crippen LogP contribution is 2.14. The number of carbonyl (C=O) groups excluding carboxylic acids is 1. The van der Waals surface area contributed by atoms with Crippen LogP contribution in [0.5, 0.6) is 0 Å². The Morgan fingerprint density at radius 2 is 1.84 bits per heavy atom. The van der Waals surface area contributed by atoms with Gasteiger partial charge in [-0.15, -0.1) is 0 Å². The normalized spacial score (nSPS) is 10.3. The highest BCUT2D eigenvalue weighted by molar-refractivity contribution is 6.05. The van der Waals surface area contributed by atoms with E-state index in [1.54, 1.807) is 12.3 Å². The van der Waals surface area contributed by atoms with Crippen LogP contribution in [0.25, 0.3) is 0 Å². The van der Waals surface area contributed by atoms with E-state index < -0.39 is 0 Å². The predicted molar refractivity (Wildman–Crippen MR) is 77.5 cm³/mol. The van der Waals surface area contributed by atoms with Gasteiger partial charge in [-0.3, -0.25) is 9.78 Å². The molecule has 0 fully saturated rings. The van der Waals surface area contributed by atoms with Crippen molar-refractivity contribution >= 4 is 11.6 Å². The van der Waals surface area contributed by atoms with Gasteiger partial charge in [-0.25, -0.2) is 0 Å². The summed E-state index contributed by atoms with van der Waals surface area (Å²) in [5, 5.41) is 2.91. The fourth-order valence-electron chi connectivity index (χ4n) is 1.91. The van der Waals surface area contributed by atoms with Crippen molar-refractivity contribution in [1.82, 2.24) is 4.98 Å². The first-order valence-corrected chi connectivity index (χ1v) is 6.44. The maximum Gasteiger partial charge on any atom is 0.256 e. The van der Waals surface area contributed by atoms with Gasteiger partial charge in [-0.2, -0.15) is 0 Å². The molecule has 0 unspecified atom stereocenters. The average molecular weight is 254 g/mol. The van der Waals surface area contributed by atoms with Crippen LogP contribution in [0.4, 0.5) is 5.69 Å². The van der Waals surface area contributed by atoms with Crippen LogP contribution < -0.4 is 5.32 Å². The van der Waals surface area contributed by atoms with Crippen LogP contribution >= 0.6 is 0 Å². The Kier molecular flexibility index (Phi) is 3.95. The molecule has 3 heteroatoms. The summed E-state index contributed by atoms with van der Waals surface area (Å²) in [6.45, 7) is 5.93. The molecule has 98 valence electrons. The predicted octanol–water partition coefficient (Wildman–Crippen LogP) is 3.51. The Balaban J connectivity index is 2.18. The molecule has 0 aliphatic heterocycles. The van der Waals surface area contributed by atoms with Gasteiger partial charge in [-0.05, 0) is 49.6 Å². The maximum atomic E-state index is 12.2. The van der Waals surface area contributed by atoms with Crippen LogP contribution in [0.3, 0.4) is 0 Å². The SMILES string of the molecule is CCc1ccc(NC(=O)c2ccnc(C)c2C)cc1. The van der Waals surface area contributed by atoms with E-state index in [2.05, 4.69) is 17.2 Å². The van der Waals surface area contributed by atoms with E-state index in [1.165, 1.54) is 5.56 Å². The fraction of sp³-hybridized carbons (Fsp3) is 0.250. The average Bonchev–Trinajstić information content (AvgIpc) is 2.42. The van der Waals surface area contributed by atoms with Gasteiger partial charge in [-0.1, -0.05) is 19.1 Å². The molecule has 0 saturated carbocycles. The van der Waals surface area contributed by atoms with Gasteiger partial charge in [0.1, 0.15) is 0 Å². The first-order chi connectivity index (χ1) is 9.11. The van der Waals surface area contributed by atoms with E-state index in [1.807, 2.05) is 38.1 Å². The number of hydrogen-bond acceptors (Lipinski definition) is 2. The first kappa shape index (κ1) is 13.3. The molecule has 2 rings (SSSR count). The molecule has 3 nitrogen and oxygen atoms in total. The second-order valence-corrected chi connectivity index (χ2v) is 4.57. The summed E-state index contributed by atoms with van der Waals surface area (Å²) in [6, 6.07) is 9.67. The minimum absolute atomic E-state index is 0.0905. The van der Waals surface area contributed by atoms with E-state index in [0.717, 1.165) is 23.4 Å². The lowest BCUT2D eigenvalue weighted by molar-refractivity contribution is 0.102. The molecular formula is C16H18N2O. The number of aromatic nitrogens is 1. The molecule has 1 heterocycles. The van der Waals surface area contributed by atoms with Crippen molar-refractivity contribution in [2.24, 2.45) is 0 Å². The van der Waals surface area contributed by atoms with E-state index in [9.17, 15) is 4.79 Å². The molecule has 1 aromatic carbocycles. The van der Waals surface area contributed by atoms with Crippen molar-refractivity contribution in [3.63, 3.8) is 0 Å². The lowest BCUT2D eigenvalue weighted by Crippen LogP contribution is -2.14. The zero-order chi connectivity index (χ0) is 13.8. The number of hydrogen-bond donors (Lipinski definition) is 1. The lowest BCUT2D eigenvalue weighted by atomic mass is 10.1. The van der Waals surface area contributed by atoms with Gasteiger partial charge < -0.3 is 5.32 Å². The Morgan fingerprint density at radius 1 is 1.16 bits per heavy atom. The van der Waals surface area contributed by atoms with Crippen LogP contribution in [0.15, 0.2) is 36.5 Å². The second-order valence-electron chi connectivity index (χ2n) is 4.57. The number of aryl methyl sites for hydroxylation is 2. The smallest absolute Gasteiger partial charge is 0.256 e. The van der Waals surface area contributed by atoms with Crippen LogP contribution in [0.2, 0.25) is 0 Å². The third-order valence-electron chi connectivity index (χ3n) is 3.32. The van der Waals surface area contributed by atoms with Crippen molar-refractivity contribution in [2.75, 3.05) is 5.32 Å². The third-order valence-corrected chi connectivity index (χ3v) is 3.32. The largest absolute Gasteiger partial charge is 0.322 e. The van der Waals surface area contributed by atoms with Gasteiger partial charge in [0, 0.05) is 23.1 Å². The molecule has 1 N–H and O–H groups in total. The van der Waals surface area contributed by atoms with E-state index in [0.29, 0.717) is 5.56 Å². The van der Waals surface area contributed by atoms with Crippen molar-refractivity contribution in [3.05, 3.63) is 58.9 Å². The number of nitrogens with one attached hydrogen (secondary N) is 1. The van der Waals surface area contributed by atoms with Gasteiger partial charge in [0.2, 0.25) is 0 Å². The van der Waals surface area contributed by atoms with Gasteiger partial charge in [0.05, 0.1) is 0 Å². The number of anilines is 1. The number of rotatable bonds is 3. The summed E-state index contributed by atoms with van der Waals surface area (Å²) in [5.74, 6) is -0.0905. The summed E-state index contributed by atoms with van der Waals surface area (Å²) in [7, 11) is 0. The van der Waals surface area contributed by atoms with Crippen LogP contribution in [-0.2, 0) is 6.42 Å². The number of amides is 1. The Bertz CT molecular complexity index is 588. The molecule has 19 heavy (non-hydrogen) atoms.